The molecule has 0 radical (unpaired) electrons. The van der Waals surface area contributed by atoms with Crippen LogP contribution in [0.1, 0.15) is 69.7 Å². The third-order valence-corrected chi connectivity index (χ3v) is 4.03. The summed E-state index contributed by atoms with van der Waals surface area (Å²) < 4.78 is 0. The normalized spacial score (nSPS) is 10.0. The fraction of sp³-hybridized carbons (Fsp3) is 1.00. The fourth-order valence-corrected chi connectivity index (χ4v) is 2.05. The average Bonchev–Trinajstić information content (AvgIpc) is 2.59. The van der Waals surface area contributed by atoms with Gasteiger partial charge in [0.2, 0.25) is 0 Å². The second-order valence-electron chi connectivity index (χ2n) is 5.32. The molecule has 0 spiro atoms. The highest BCUT2D eigenvalue weighted by atomic mass is 15.3. The Morgan fingerprint density at radius 3 is 0.792 bits per heavy atom. The molecule has 0 unspecified atom stereocenters. The summed E-state index contributed by atoms with van der Waals surface area (Å²) >= 11 is 0. The largest absolute Gasteiger partial charge is 0.317 e. The van der Waals surface area contributed by atoms with Crippen molar-refractivity contribution in [3.63, 3.8) is 0 Å². The summed E-state index contributed by atoms with van der Waals surface area (Å²) in [5.74, 6) is 0. The molecule has 24 heavy (non-hydrogen) atoms. The molecule has 0 heterocycles. The van der Waals surface area contributed by atoms with E-state index in [4.69, 9.17) is 0 Å². The molecule has 0 aliphatic rings. The molecule has 0 bridgehead atoms. The van der Waals surface area contributed by atoms with E-state index in [1.54, 1.807) is 0 Å². The molecule has 4 heteroatoms. The highest BCUT2D eigenvalue weighted by Gasteiger charge is 2.03. The maximum atomic E-state index is 3.11. The van der Waals surface area contributed by atoms with Crippen molar-refractivity contribution in [3.8, 4) is 0 Å². The van der Waals surface area contributed by atoms with Gasteiger partial charge in [0.25, 0.3) is 0 Å². The molecule has 0 saturated heterocycles. The number of hydrogen-bond acceptors (Lipinski definition) is 4. The van der Waals surface area contributed by atoms with Crippen LogP contribution < -0.4 is 5.32 Å². The smallest absolute Gasteiger partial charge is 0.0505 e. The third kappa shape index (κ3) is 24.1. The Bertz CT molecular complexity index is 159. The molecule has 0 amide bonds. The van der Waals surface area contributed by atoms with Crippen LogP contribution in [-0.2, 0) is 0 Å². The van der Waals surface area contributed by atoms with Crippen molar-refractivity contribution in [2.45, 2.75) is 69.7 Å². The molecular formula is C20H52N4. The molecule has 152 valence electrons. The summed E-state index contributed by atoms with van der Waals surface area (Å²) in [6.07, 6.45) is 0. The molecule has 0 saturated carbocycles. The first kappa shape index (κ1) is 31.6. The molecule has 0 rings (SSSR count). The summed E-state index contributed by atoms with van der Waals surface area (Å²) in [6.45, 7) is 31.1. The standard InChI is InChI=1S/C9H22N2.C6H15N.C4H11N.CH4/c1-5-10(6-2)9-11(7-3)8-4;1-4-7(5-2)6-3;1-3-5-4-2;/h5-9H2,1-4H3;4-6H2,1-3H3;5H,3-4H2,1-2H3;1H4. The van der Waals surface area contributed by atoms with Gasteiger partial charge in [-0.25, -0.2) is 0 Å². The van der Waals surface area contributed by atoms with Gasteiger partial charge in [0.1, 0.15) is 0 Å². The predicted molar refractivity (Wildman–Crippen MR) is 115 cm³/mol. The van der Waals surface area contributed by atoms with Gasteiger partial charge in [-0.3, -0.25) is 9.80 Å². The Morgan fingerprint density at radius 2 is 0.708 bits per heavy atom. The lowest BCUT2D eigenvalue weighted by Gasteiger charge is -2.26. The van der Waals surface area contributed by atoms with Crippen molar-refractivity contribution in [1.82, 2.24) is 20.0 Å². The van der Waals surface area contributed by atoms with Gasteiger partial charge in [0.05, 0.1) is 6.67 Å². The van der Waals surface area contributed by atoms with Crippen molar-refractivity contribution >= 4 is 0 Å². The van der Waals surface area contributed by atoms with Crippen LogP contribution in [0.25, 0.3) is 0 Å². The second kappa shape index (κ2) is 27.7. The first-order chi connectivity index (χ1) is 11.0. The van der Waals surface area contributed by atoms with Gasteiger partial charge in [0, 0.05) is 0 Å². The summed E-state index contributed by atoms with van der Waals surface area (Å²) in [5, 5.41) is 3.11. The minimum atomic E-state index is 0. The van der Waals surface area contributed by atoms with Crippen LogP contribution in [0.5, 0.6) is 0 Å². The summed E-state index contributed by atoms with van der Waals surface area (Å²) in [4.78, 5) is 7.25. The molecule has 4 nitrogen and oxygen atoms in total. The van der Waals surface area contributed by atoms with E-state index in [1.807, 2.05) is 0 Å². The topological polar surface area (TPSA) is 21.8 Å². The molecule has 0 fully saturated rings. The van der Waals surface area contributed by atoms with Gasteiger partial charge in [-0.05, 0) is 58.9 Å². The van der Waals surface area contributed by atoms with Crippen LogP contribution in [0.2, 0.25) is 0 Å². The monoisotopic (exact) mass is 348 g/mol. The summed E-state index contributed by atoms with van der Waals surface area (Å²) in [7, 11) is 0. The van der Waals surface area contributed by atoms with E-state index in [9.17, 15) is 0 Å². The second-order valence-corrected chi connectivity index (χ2v) is 5.32. The first-order valence-corrected chi connectivity index (χ1v) is 9.92. The van der Waals surface area contributed by atoms with E-state index in [0.29, 0.717) is 0 Å². The molecule has 0 aliphatic heterocycles. The summed E-state index contributed by atoms with van der Waals surface area (Å²) in [5.41, 5.74) is 0. The Labute approximate surface area is 156 Å². The van der Waals surface area contributed by atoms with Crippen LogP contribution in [0.3, 0.4) is 0 Å². The van der Waals surface area contributed by atoms with Crippen LogP contribution >= 0.6 is 0 Å². The average molecular weight is 349 g/mol. The summed E-state index contributed by atoms with van der Waals surface area (Å²) in [6, 6.07) is 0. The highest BCUT2D eigenvalue weighted by molar-refractivity contribution is 4.53. The van der Waals surface area contributed by atoms with E-state index in [1.165, 1.54) is 19.6 Å². The first-order valence-electron chi connectivity index (χ1n) is 9.92. The highest BCUT2D eigenvalue weighted by Crippen LogP contribution is 1.92. The van der Waals surface area contributed by atoms with E-state index >= 15 is 0 Å². The lowest BCUT2D eigenvalue weighted by molar-refractivity contribution is 0.152. The zero-order valence-corrected chi connectivity index (χ0v) is 17.9. The lowest BCUT2D eigenvalue weighted by atomic mass is 10.5. The minimum Gasteiger partial charge on any atom is -0.317 e. The maximum absolute atomic E-state index is 3.11. The molecule has 0 aromatic rings. The van der Waals surface area contributed by atoms with Crippen LogP contribution in [0.4, 0.5) is 0 Å². The van der Waals surface area contributed by atoms with Crippen molar-refractivity contribution in [3.05, 3.63) is 0 Å². The predicted octanol–water partition coefficient (Wildman–Crippen LogP) is 4.23. The van der Waals surface area contributed by atoms with Gasteiger partial charge in [-0.1, -0.05) is 69.7 Å². The fourth-order valence-electron chi connectivity index (χ4n) is 2.05. The lowest BCUT2D eigenvalue weighted by Crippen LogP contribution is -2.37. The minimum absolute atomic E-state index is 0. The zero-order valence-electron chi connectivity index (χ0n) is 17.9. The van der Waals surface area contributed by atoms with Crippen molar-refractivity contribution < 1.29 is 0 Å². The van der Waals surface area contributed by atoms with E-state index in [-0.39, 0.29) is 7.43 Å². The Hall–Kier alpha value is -0.160. The maximum Gasteiger partial charge on any atom is 0.0505 e. The Kier molecular flexibility index (Phi) is 36.4. The van der Waals surface area contributed by atoms with E-state index < -0.39 is 0 Å². The number of nitrogens with zero attached hydrogens (tertiary/aromatic N) is 3. The van der Waals surface area contributed by atoms with E-state index in [2.05, 4.69) is 82.3 Å². The number of rotatable bonds is 11. The van der Waals surface area contributed by atoms with Gasteiger partial charge < -0.3 is 10.2 Å². The molecule has 0 aromatic heterocycles. The van der Waals surface area contributed by atoms with Crippen molar-refractivity contribution in [2.24, 2.45) is 0 Å². The number of hydrogen-bond donors (Lipinski definition) is 1. The molecule has 0 aromatic carbocycles. The van der Waals surface area contributed by atoms with Crippen LogP contribution in [0.15, 0.2) is 0 Å². The SMILES string of the molecule is C.CCN(CC)CC.CCN(CC)CN(CC)CC.CCNCC. The molecular weight excluding hydrogens is 296 g/mol. The van der Waals surface area contributed by atoms with Gasteiger partial charge in [-0.2, -0.15) is 0 Å². The van der Waals surface area contributed by atoms with E-state index in [0.717, 1.165) is 45.9 Å². The Balaban J connectivity index is -0.000000133. The van der Waals surface area contributed by atoms with Gasteiger partial charge >= 0.3 is 0 Å². The van der Waals surface area contributed by atoms with Crippen LogP contribution in [-0.4, -0.2) is 80.3 Å². The van der Waals surface area contributed by atoms with Gasteiger partial charge in [-0.15, -0.1) is 0 Å². The van der Waals surface area contributed by atoms with Crippen molar-refractivity contribution in [1.29, 1.82) is 0 Å². The molecule has 0 aliphatic carbocycles. The third-order valence-electron chi connectivity index (χ3n) is 4.03. The number of nitrogens with one attached hydrogen (secondary N) is 1. The molecule has 1 N–H and O–H groups in total. The zero-order chi connectivity index (χ0) is 18.5. The van der Waals surface area contributed by atoms with Crippen LogP contribution in [0, 0.1) is 0 Å². The van der Waals surface area contributed by atoms with Gasteiger partial charge in [0.15, 0.2) is 0 Å². The molecule has 0 atom stereocenters. The quantitative estimate of drug-likeness (QED) is 0.564. The van der Waals surface area contributed by atoms with Crippen molar-refractivity contribution in [2.75, 3.05) is 65.6 Å². The Morgan fingerprint density at radius 1 is 0.458 bits per heavy atom.